The van der Waals surface area contributed by atoms with E-state index in [2.05, 4.69) is 262 Å². The van der Waals surface area contributed by atoms with Gasteiger partial charge in [-0.25, -0.2) is 0 Å². The number of fused-ring (bicyclic) bond motifs is 7. The Labute approximate surface area is 441 Å². The van der Waals surface area contributed by atoms with Crippen LogP contribution in [0.2, 0.25) is 5.82 Å². The average Bonchev–Trinajstić information content (AvgIpc) is 4.02. The maximum atomic E-state index is 7.10. The van der Waals surface area contributed by atoms with E-state index in [0.29, 0.717) is 5.75 Å². The van der Waals surface area contributed by atoms with Gasteiger partial charge >= 0.3 is 0 Å². The monoisotopic (exact) mass is 982 g/mol. The third kappa shape index (κ3) is 8.33. The molecule has 8 heteroatoms. The van der Waals surface area contributed by atoms with E-state index >= 15 is 0 Å². The van der Waals surface area contributed by atoms with E-state index in [1.807, 2.05) is 6.07 Å². The van der Waals surface area contributed by atoms with E-state index in [0.717, 1.165) is 89.7 Å². The van der Waals surface area contributed by atoms with Crippen LogP contribution in [-0.4, -0.2) is 25.3 Å². The molecule has 0 saturated heterocycles. The predicted molar refractivity (Wildman–Crippen MR) is 315 cm³/mol. The van der Waals surface area contributed by atoms with E-state index in [1.165, 1.54) is 22.3 Å². The number of anilines is 7. The van der Waals surface area contributed by atoms with Crippen LogP contribution in [0.3, 0.4) is 0 Å². The third-order valence-corrected chi connectivity index (χ3v) is 15.5. The first-order valence-corrected chi connectivity index (χ1v) is 26.2. The molecule has 3 aromatic heterocycles. The minimum absolute atomic E-state index is 0.00269. The summed E-state index contributed by atoms with van der Waals surface area (Å²) >= 11 is 0. The highest BCUT2D eigenvalue weighted by molar-refractivity contribution is 6.89. The molecule has 1 N–H and O–H groups in total. The number of aromatic nitrogens is 1. The highest BCUT2D eigenvalue weighted by Crippen LogP contribution is 2.49. The SMILES string of the molecule is COc1cc(OC)c2cc3c(n2c1)N(c1ccccc1)C1=CC=CC(C)C1B3c1ccc(N(c2ccc(C(C)(C)C)cc2)c2ccc(C(C)(C)C)cc2)cc1Nc1cccc2c1oc1c(-c3ccccc3)cccc12. The van der Waals surface area contributed by atoms with Crippen molar-refractivity contribution < 1.29 is 13.9 Å². The maximum absolute atomic E-state index is 7.10. The van der Waals surface area contributed by atoms with Gasteiger partial charge in [0.1, 0.15) is 22.9 Å². The number of pyridine rings is 1. The normalized spacial score (nSPS) is 15.5. The molecule has 2 aliphatic rings. The van der Waals surface area contributed by atoms with Gasteiger partial charge in [-0.3, -0.25) is 4.40 Å². The largest absolute Gasteiger partial charge is 0.495 e. The highest BCUT2D eigenvalue weighted by Gasteiger charge is 2.47. The van der Waals surface area contributed by atoms with Crippen molar-refractivity contribution in [2.24, 2.45) is 5.92 Å². The second-order valence-corrected chi connectivity index (χ2v) is 22.3. The van der Waals surface area contributed by atoms with E-state index in [-0.39, 0.29) is 29.3 Å². The summed E-state index contributed by atoms with van der Waals surface area (Å²) in [5.74, 6) is 2.72. The van der Waals surface area contributed by atoms with Crippen molar-refractivity contribution in [2.75, 3.05) is 29.3 Å². The second-order valence-electron chi connectivity index (χ2n) is 22.3. The van der Waals surface area contributed by atoms with Crippen LogP contribution in [0.1, 0.15) is 59.6 Å². The molecule has 2 unspecified atom stereocenters. The molecule has 7 aromatic carbocycles. The molecule has 0 fully saturated rings. The molecule has 0 saturated carbocycles. The Morgan fingerprint density at radius 2 is 1.23 bits per heavy atom. The van der Waals surface area contributed by atoms with Crippen LogP contribution in [0.5, 0.6) is 11.5 Å². The molecule has 4 heterocycles. The summed E-state index contributed by atoms with van der Waals surface area (Å²) in [6, 6.07) is 63.8. The number of methoxy groups -OCH3 is 2. The molecule has 2 atom stereocenters. The van der Waals surface area contributed by atoms with Crippen LogP contribution in [0.15, 0.2) is 210 Å². The number of hydrogen-bond donors (Lipinski definition) is 1. The number of rotatable bonds is 10. The van der Waals surface area contributed by atoms with Gasteiger partial charge in [0.2, 0.25) is 6.71 Å². The smallest absolute Gasteiger partial charge is 0.226 e. The molecule has 75 heavy (non-hydrogen) atoms. The van der Waals surface area contributed by atoms with Gasteiger partial charge < -0.3 is 29.0 Å². The summed E-state index contributed by atoms with van der Waals surface area (Å²) in [6.45, 7) is 15.9. The standard InChI is InChI=1S/C67H63BN4O3/c1-43-19-16-28-59-62(43)68(56-41-60-61(74-9)40-51(73-8)42-70(60)65(56)72(59)47-22-14-11-15-23-47)55-38-37-50(71(48-33-29-45(30-34-48)66(2,3)4)49-35-31-46(32-36-49)67(5,6)7)39-58(55)69-57-27-18-26-54-53-25-17-24-52(63(53)75-64(54)57)44-20-12-10-13-21-44/h10-43,62,69H,1-9H3. The molecule has 0 radical (unpaired) electrons. The molecule has 0 spiro atoms. The molecule has 7 nitrogen and oxygen atoms in total. The molecule has 1 aliphatic carbocycles. The molecule has 1 aliphatic heterocycles. The molecule has 12 rings (SSSR count). The summed E-state index contributed by atoms with van der Waals surface area (Å²) < 4.78 is 21.5. The van der Waals surface area contributed by atoms with Crippen molar-refractivity contribution in [1.82, 2.24) is 4.40 Å². The van der Waals surface area contributed by atoms with Gasteiger partial charge in [-0.1, -0.05) is 175 Å². The van der Waals surface area contributed by atoms with Crippen LogP contribution >= 0.6 is 0 Å². The fourth-order valence-electron chi connectivity index (χ4n) is 11.7. The first-order valence-electron chi connectivity index (χ1n) is 26.2. The third-order valence-electron chi connectivity index (χ3n) is 15.5. The number of furan rings is 1. The Kier molecular flexibility index (Phi) is 11.8. The number of hydrogen-bond acceptors (Lipinski definition) is 6. The zero-order valence-electron chi connectivity index (χ0n) is 44.4. The summed E-state index contributed by atoms with van der Waals surface area (Å²) in [5, 5.41) is 6.26. The number of ether oxygens (including phenoxy) is 2. The molecule has 372 valence electrons. The summed E-state index contributed by atoms with van der Waals surface area (Å²) in [4.78, 5) is 4.85. The molecular formula is C67H63BN4O3. The molecular weight excluding hydrogens is 920 g/mol. The van der Waals surface area contributed by atoms with Crippen molar-refractivity contribution in [1.29, 1.82) is 0 Å². The minimum atomic E-state index is -0.122. The quantitative estimate of drug-likeness (QED) is 0.138. The fourth-order valence-corrected chi connectivity index (χ4v) is 11.7. The highest BCUT2D eigenvalue weighted by atomic mass is 16.5. The van der Waals surface area contributed by atoms with Gasteiger partial charge in [-0.2, -0.15) is 0 Å². The van der Waals surface area contributed by atoms with Crippen molar-refractivity contribution >= 4 is 85.0 Å². The topological polar surface area (TPSA) is 54.5 Å². The number of para-hydroxylation sites is 3. The van der Waals surface area contributed by atoms with Gasteiger partial charge in [0.25, 0.3) is 0 Å². The Morgan fingerprint density at radius 1 is 0.600 bits per heavy atom. The zero-order chi connectivity index (χ0) is 51.8. The average molecular weight is 983 g/mol. The maximum Gasteiger partial charge on any atom is 0.226 e. The number of nitrogens with zero attached hydrogens (tertiary/aromatic N) is 3. The Morgan fingerprint density at radius 3 is 1.87 bits per heavy atom. The molecule has 10 aromatic rings. The summed E-state index contributed by atoms with van der Waals surface area (Å²) in [6.07, 6.45) is 9.00. The van der Waals surface area contributed by atoms with E-state index in [9.17, 15) is 0 Å². The number of allylic oxidation sites excluding steroid dienone is 4. The minimum Gasteiger partial charge on any atom is -0.495 e. The van der Waals surface area contributed by atoms with Crippen LogP contribution in [0.4, 0.5) is 39.9 Å². The molecule has 0 amide bonds. The Balaban J connectivity index is 1.12. The van der Waals surface area contributed by atoms with Crippen LogP contribution in [0, 0.1) is 5.92 Å². The first-order chi connectivity index (χ1) is 36.3. The number of nitrogens with one attached hydrogen (secondary N) is 1. The number of benzene rings is 7. The van der Waals surface area contributed by atoms with E-state index in [1.54, 1.807) is 14.2 Å². The van der Waals surface area contributed by atoms with E-state index < -0.39 is 0 Å². The lowest BCUT2D eigenvalue weighted by Crippen LogP contribution is -2.55. The van der Waals surface area contributed by atoms with Gasteiger partial charge in [0.05, 0.1) is 31.6 Å². The van der Waals surface area contributed by atoms with Crippen molar-refractivity contribution in [2.45, 2.75) is 65.1 Å². The Hall–Kier alpha value is -8.36. The second kappa shape index (κ2) is 18.5. The summed E-state index contributed by atoms with van der Waals surface area (Å²) in [5.41, 5.74) is 17.1. The van der Waals surface area contributed by atoms with Crippen molar-refractivity contribution in [3.8, 4) is 22.6 Å². The lowest BCUT2D eigenvalue weighted by atomic mass is 9.29. The van der Waals surface area contributed by atoms with Gasteiger partial charge in [0.15, 0.2) is 5.58 Å². The zero-order valence-corrected chi connectivity index (χ0v) is 44.4. The lowest BCUT2D eigenvalue weighted by Gasteiger charge is -2.44. The lowest BCUT2D eigenvalue weighted by molar-refractivity contribution is 0.393. The molecule has 0 bridgehead atoms. The van der Waals surface area contributed by atoms with E-state index in [4.69, 9.17) is 13.9 Å². The van der Waals surface area contributed by atoms with Gasteiger partial charge in [-0.05, 0) is 111 Å². The van der Waals surface area contributed by atoms with Crippen LogP contribution in [0.25, 0.3) is 38.6 Å². The van der Waals surface area contributed by atoms with Crippen molar-refractivity contribution in [3.05, 3.63) is 217 Å². The van der Waals surface area contributed by atoms with Gasteiger partial charge in [0, 0.05) is 56.5 Å². The van der Waals surface area contributed by atoms with Gasteiger partial charge in [-0.15, -0.1) is 0 Å². The first kappa shape index (κ1) is 47.6. The van der Waals surface area contributed by atoms with Crippen LogP contribution < -0.4 is 35.5 Å². The van der Waals surface area contributed by atoms with Crippen LogP contribution in [-0.2, 0) is 10.8 Å². The predicted octanol–water partition coefficient (Wildman–Crippen LogP) is 16.6. The Bertz CT molecular complexity index is 3770. The summed E-state index contributed by atoms with van der Waals surface area (Å²) in [7, 11) is 3.45. The fraction of sp³-hybridized carbons (Fsp3) is 0.194. The van der Waals surface area contributed by atoms with Crippen molar-refractivity contribution in [3.63, 3.8) is 0 Å².